The molecule has 0 saturated carbocycles. The first kappa shape index (κ1) is 19.9. The van der Waals surface area contributed by atoms with E-state index < -0.39 is 10.8 Å². The standard InChI is InChI=1S/C19H20N6O4/c1-2-3-10-29-19-14(6-5-9-20-19)12-21-18(26)17-13-24(23-22-17)15-7-4-8-16(11-15)25(27)28/h4-9,11,13H,2-3,10,12H2,1H3,(H,21,26). The number of nitrogens with zero attached hydrogens (tertiary/aromatic N) is 5. The van der Waals surface area contributed by atoms with Crippen LogP contribution in [-0.2, 0) is 6.54 Å². The summed E-state index contributed by atoms with van der Waals surface area (Å²) in [6.45, 7) is 2.85. The summed E-state index contributed by atoms with van der Waals surface area (Å²) in [5.41, 5.74) is 1.21. The van der Waals surface area contributed by atoms with Crippen molar-refractivity contribution in [1.29, 1.82) is 0 Å². The number of nitro benzene ring substituents is 1. The average molecular weight is 396 g/mol. The van der Waals surface area contributed by atoms with Gasteiger partial charge in [-0.2, -0.15) is 0 Å². The molecule has 0 bridgehead atoms. The molecular weight excluding hydrogens is 376 g/mol. The number of aromatic nitrogens is 4. The topological polar surface area (TPSA) is 125 Å². The van der Waals surface area contributed by atoms with Crippen LogP contribution in [0.1, 0.15) is 35.8 Å². The van der Waals surface area contributed by atoms with Crippen LogP contribution in [0.25, 0.3) is 5.69 Å². The Morgan fingerprint density at radius 3 is 2.97 bits per heavy atom. The van der Waals surface area contributed by atoms with Gasteiger partial charge in [-0.3, -0.25) is 14.9 Å². The summed E-state index contributed by atoms with van der Waals surface area (Å²) >= 11 is 0. The van der Waals surface area contributed by atoms with Crippen molar-refractivity contribution in [3.8, 4) is 11.6 Å². The van der Waals surface area contributed by atoms with E-state index in [9.17, 15) is 14.9 Å². The maximum atomic E-state index is 12.4. The number of ether oxygens (including phenoxy) is 1. The number of carbonyl (C=O) groups excluding carboxylic acids is 1. The number of carbonyl (C=O) groups is 1. The third-order valence-corrected chi connectivity index (χ3v) is 4.06. The SMILES string of the molecule is CCCCOc1ncccc1CNC(=O)c1cn(-c2cccc([N+](=O)[O-])c2)nn1. The molecule has 0 saturated heterocycles. The molecule has 150 valence electrons. The van der Waals surface area contributed by atoms with Crippen molar-refractivity contribution in [3.05, 3.63) is 70.2 Å². The van der Waals surface area contributed by atoms with Crippen molar-refractivity contribution in [2.24, 2.45) is 0 Å². The Morgan fingerprint density at radius 2 is 2.17 bits per heavy atom. The smallest absolute Gasteiger partial charge is 0.273 e. The minimum atomic E-state index is -0.498. The molecule has 0 aliphatic rings. The Hall–Kier alpha value is -3.82. The molecule has 2 heterocycles. The Morgan fingerprint density at radius 1 is 1.31 bits per heavy atom. The summed E-state index contributed by atoms with van der Waals surface area (Å²) in [6.07, 6.45) is 4.98. The second-order valence-corrected chi connectivity index (χ2v) is 6.18. The molecule has 0 spiro atoms. The van der Waals surface area contributed by atoms with E-state index in [1.165, 1.54) is 29.1 Å². The fourth-order valence-electron chi connectivity index (χ4n) is 2.51. The summed E-state index contributed by atoms with van der Waals surface area (Å²) in [6, 6.07) is 9.51. The molecule has 1 N–H and O–H groups in total. The maximum absolute atomic E-state index is 12.4. The fraction of sp³-hybridized carbons (Fsp3) is 0.263. The third kappa shape index (κ3) is 5.12. The Balaban J connectivity index is 1.66. The van der Waals surface area contributed by atoms with E-state index in [4.69, 9.17) is 4.74 Å². The number of rotatable bonds is 9. The number of unbranched alkanes of at least 4 members (excludes halogenated alkanes) is 1. The molecule has 3 rings (SSSR count). The zero-order valence-electron chi connectivity index (χ0n) is 15.8. The van der Waals surface area contributed by atoms with E-state index >= 15 is 0 Å². The number of pyridine rings is 1. The van der Waals surface area contributed by atoms with Crippen molar-refractivity contribution in [1.82, 2.24) is 25.3 Å². The van der Waals surface area contributed by atoms with Gasteiger partial charge in [0, 0.05) is 30.4 Å². The number of amides is 1. The normalized spacial score (nSPS) is 10.5. The highest BCUT2D eigenvalue weighted by Gasteiger charge is 2.14. The van der Waals surface area contributed by atoms with Gasteiger partial charge in [-0.05, 0) is 18.6 Å². The molecule has 29 heavy (non-hydrogen) atoms. The highest BCUT2D eigenvalue weighted by atomic mass is 16.6. The van der Waals surface area contributed by atoms with Crippen molar-refractivity contribution in [2.45, 2.75) is 26.3 Å². The van der Waals surface area contributed by atoms with E-state index in [0.29, 0.717) is 18.2 Å². The van der Waals surface area contributed by atoms with Crippen LogP contribution in [0, 0.1) is 10.1 Å². The molecule has 0 radical (unpaired) electrons. The summed E-state index contributed by atoms with van der Waals surface area (Å²) in [5.74, 6) is 0.0616. The van der Waals surface area contributed by atoms with E-state index in [-0.39, 0.29) is 17.9 Å². The van der Waals surface area contributed by atoms with Gasteiger partial charge in [0.1, 0.15) is 0 Å². The fourth-order valence-corrected chi connectivity index (χ4v) is 2.51. The van der Waals surface area contributed by atoms with Crippen LogP contribution in [0.5, 0.6) is 5.88 Å². The summed E-state index contributed by atoms with van der Waals surface area (Å²) in [4.78, 5) is 27.0. The van der Waals surface area contributed by atoms with Crippen molar-refractivity contribution in [2.75, 3.05) is 6.61 Å². The lowest BCUT2D eigenvalue weighted by Crippen LogP contribution is -2.23. The molecule has 2 aromatic heterocycles. The lowest BCUT2D eigenvalue weighted by Gasteiger charge is -2.10. The Labute approximate surface area is 166 Å². The lowest BCUT2D eigenvalue weighted by molar-refractivity contribution is -0.384. The first-order valence-electron chi connectivity index (χ1n) is 9.10. The van der Waals surface area contributed by atoms with E-state index in [0.717, 1.165) is 18.4 Å². The Kier molecular flexibility index (Phi) is 6.46. The number of nitro groups is 1. The van der Waals surface area contributed by atoms with E-state index in [2.05, 4.69) is 27.5 Å². The minimum Gasteiger partial charge on any atom is -0.477 e. The monoisotopic (exact) mass is 396 g/mol. The summed E-state index contributed by atoms with van der Waals surface area (Å²) in [5, 5.41) is 21.4. The zero-order chi connectivity index (χ0) is 20.6. The average Bonchev–Trinajstić information content (AvgIpc) is 3.23. The quantitative estimate of drug-likeness (QED) is 0.335. The first-order chi connectivity index (χ1) is 14.1. The van der Waals surface area contributed by atoms with Crippen LogP contribution >= 0.6 is 0 Å². The minimum absolute atomic E-state index is 0.0730. The van der Waals surface area contributed by atoms with Crippen LogP contribution in [0.4, 0.5) is 5.69 Å². The number of non-ortho nitro benzene ring substituents is 1. The predicted octanol–water partition coefficient (Wildman–Crippen LogP) is 2.68. The molecule has 0 aliphatic carbocycles. The molecule has 0 aliphatic heterocycles. The third-order valence-electron chi connectivity index (χ3n) is 4.06. The number of benzene rings is 1. The van der Waals surface area contributed by atoms with Gasteiger partial charge in [0.25, 0.3) is 11.6 Å². The molecule has 0 atom stereocenters. The first-order valence-corrected chi connectivity index (χ1v) is 9.10. The van der Waals surface area contributed by atoms with Crippen LogP contribution in [0.3, 0.4) is 0 Å². The maximum Gasteiger partial charge on any atom is 0.273 e. The molecule has 0 fully saturated rings. The van der Waals surface area contributed by atoms with Crippen LogP contribution in [0.15, 0.2) is 48.8 Å². The van der Waals surface area contributed by atoms with Crippen LogP contribution in [-0.4, -0.2) is 37.4 Å². The van der Waals surface area contributed by atoms with Gasteiger partial charge in [-0.25, -0.2) is 9.67 Å². The molecule has 10 heteroatoms. The molecule has 3 aromatic rings. The van der Waals surface area contributed by atoms with Gasteiger partial charge in [0.05, 0.1) is 23.4 Å². The van der Waals surface area contributed by atoms with Crippen molar-refractivity contribution in [3.63, 3.8) is 0 Å². The Bertz CT molecular complexity index is 1000. The lowest BCUT2D eigenvalue weighted by atomic mass is 10.2. The zero-order valence-corrected chi connectivity index (χ0v) is 15.8. The highest BCUT2D eigenvalue weighted by Crippen LogP contribution is 2.17. The van der Waals surface area contributed by atoms with Gasteiger partial charge in [-0.1, -0.05) is 30.7 Å². The number of nitrogens with one attached hydrogen (secondary N) is 1. The molecule has 0 unspecified atom stereocenters. The number of hydrogen-bond acceptors (Lipinski definition) is 7. The van der Waals surface area contributed by atoms with Crippen LogP contribution < -0.4 is 10.1 Å². The molecule has 10 nitrogen and oxygen atoms in total. The highest BCUT2D eigenvalue weighted by molar-refractivity contribution is 5.91. The predicted molar refractivity (Wildman–Crippen MR) is 104 cm³/mol. The largest absolute Gasteiger partial charge is 0.477 e. The van der Waals surface area contributed by atoms with Gasteiger partial charge in [-0.15, -0.1) is 5.10 Å². The second kappa shape index (κ2) is 9.40. The molecular formula is C19H20N6O4. The van der Waals surface area contributed by atoms with Gasteiger partial charge < -0.3 is 10.1 Å². The van der Waals surface area contributed by atoms with Crippen molar-refractivity contribution < 1.29 is 14.5 Å². The van der Waals surface area contributed by atoms with E-state index in [1.54, 1.807) is 18.3 Å². The molecule has 1 aromatic carbocycles. The van der Waals surface area contributed by atoms with Gasteiger partial charge in [0.15, 0.2) is 5.69 Å². The summed E-state index contributed by atoms with van der Waals surface area (Å²) in [7, 11) is 0. The van der Waals surface area contributed by atoms with E-state index in [1.807, 2.05) is 6.07 Å². The number of hydrogen-bond donors (Lipinski definition) is 1. The molecule has 1 amide bonds. The summed E-state index contributed by atoms with van der Waals surface area (Å²) < 4.78 is 6.97. The van der Waals surface area contributed by atoms with Gasteiger partial charge in [0.2, 0.25) is 5.88 Å². The van der Waals surface area contributed by atoms with Crippen molar-refractivity contribution >= 4 is 11.6 Å². The van der Waals surface area contributed by atoms with Crippen LogP contribution in [0.2, 0.25) is 0 Å². The second-order valence-electron chi connectivity index (χ2n) is 6.18. The van der Waals surface area contributed by atoms with Gasteiger partial charge >= 0.3 is 0 Å².